The van der Waals surface area contributed by atoms with E-state index in [-0.39, 0.29) is 11.4 Å². The van der Waals surface area contributed by atoms with Gasteiger partial charge >= 0.3 is 6.18 Å². The number of nitrogens with zero attached hydrogens (tertiary/aromatic N) is 1. The van der Waals surface area contributed by atoms with Crippen molar-refractivity contribution in [2.45, 2.75) is 25.1 Å². The summed E-state index contributed by atoms with van der Waals surface area (Å²) in [6.45, 7) is 1.96. The Kier molecular flexibility index (Phi) is 5.60. The number of methoxy groups -OCH3 is 1. The summed E-state index contributed by atoms with van der Waals surface area (Å²) in [5.74, 6) is 0.784. The lowest BCUT2D eigenvalue weighted by atomic mass is 9.77. The Morgan fingerprint density at radius 2 is 1.53 bits per heavy atom. The van der Waals surface area contributed by atoms with Crippen LogP contribution in [0, 0.1) is 0 Å². The molecule has 7 heteroatoms. The second-order valence-electron chi connectivity index (χ2n) is 7.53. The number of hydrazine groups is 1. The molecule has 0 aromatic heterocycles. The van der Waals surface area contributed by atoms with Gasteiger partial charge in [0.25, 0.3) is 0 Å². The summed E-state index contributed by atoms with van der Waals surface area (Å²) < 4.78 is 46.5. The van der Waals surface area contributed by atoms with Crippen molar-refractivity contribution in [2.75, 3.05) is 12.1 Å². The number of hydrogen-bond acceptors (Lipinski definition) is 4. The van der Waals surface area contributed by atoms with E-state index >= 15 is 0 Å². The molecule has 0 radical (unpaired) electrons. The molecule has 1 atom stereocenters. The molecule has 0 spiro atoms. The van der Waals surface area contributed by atoms with Gasteiger partial charge in [-0.15, -0.1) is 0 Å². The van der Waals surface area contributed by atoms with Gasteiger partial charge in [0.2, 0.25) is 0 Å². The molecule has 0 saturated carbocycles. The maximum Gasteiger partial charge on any atom is 0.418 e. The molecular weight excluding hydrogens is 417 g/mol. The third kappa shape index (κ3) is 3.69. The molecule has 2 N–H and O–H groups in total. The van der Waals surface area contributed by atoms with Crippen LogP contribution in [0.4, 0.5) is 18.9 Å². The maximum atomic E-state index is 13.7. The van der Waals surface area contributed by atoms with E-state index in [1.54, 1.807) is 43.6 Å². The molecule has 1 heterocycles. The normalized spacial score (nSPS) is 18.5. The second-order valence-corrected chi connectivity index (χ2v) is 7.53. The first kappa shape index (κ1) is 21.8. The van der Waals surface area contributed by atoms with Gasteiger partial charge in [-0.05, 0) is 59.5 Å². The first-order valence-electron chi connectivity index (χ1n) is 10.2. The molecule has 0 amide bonds. The summed E-state index contributed by atoms with van der Waals surface area (Å²) in [6, 6.07) is 19.6. The highest BCUT2D eigenvalue weighted by Crippen LogP contribution is 2.46. The van der Waals surface area contributed by atoms with Gasteiger partial charge in [0.1, 0.15) is 17.0 Å². The van der Waals surface area contributed by atoms with Crippen molar-refractivity contribution in [3.05, 3.63) is 101 Å². The van der Waals surface area contributed by atoms with Gasteiger partial charge in [-0.3, -0.25) is 5.01 Å². The summed E-state index contributed by atoms with van der Waals surface area (Å²) in [7, 11) is 1.58. The van der Waals surface area contributed by atoms with E-state index in [9.17, 15) is 18.3 Å². The van der Waals surface area contributed by atoms with Crippen LogP contribution < -0.4 is 15.2 Å². The zero-order valence-electron chi connectivity index (χ0n) is 17.6. The molecule has 1 unspecified atom stereocenters. The summed E-state index contributed by atoms with van der Waals surface area (Å²) in [5, 5.41) is 11.3. The van der Waals surface area contributed by atoms with Gasteiger partial charge in [-0.1, -0.05) is 43.3 Å². The SMILES string of the molecule is CCC1=CN(c2ccccc2C(F)(F)F)NC1(c1ccc(O)cc1)c1ccc(OC)cc1. The fourth-order valence-corrected chi connectivity index (χ4v) is 4.17. The monoisotopic (exact) mass is 440 g/mol. The number of anilines is 1. The van der Waals surface area contributed by atoms with Gasteiger partial charge < -0.3 is 9.84 Å². The number of nitrogens with one attached hydrogen (secondary N) is 1. The number of rotatable bonds is 5. The standard InChI is InChI=1S/C25H23F3N2O2/c1-3-17-16-30(23-7-5-4-6-22(23)25(26,27)28)29-24(17,18-8-12-20(31)13-9-18)19-10-14-21(32-2)15-11-19/h4-16,29,31H,3H2,1-2H3. The fourth-order valence-electron chi connectivity index (χ4n) is 4.17. The molecule has 1 aliphatic heterocycles. The predicted octanol–water partition coefficient (Wildman–Crippen LogP) is 5.98. The van der Waals surface area contributed by atoms with Crippen LogP contribution in [0.3, 0.4) is 0 Å². The fraction of sp³-hybridized carbons (Fsp3) is 0.200. The van der Waals surface area contributed by atoms with E-state index < -0.39 is 17.3 Å². The molecule has 0 fully saturated rings. The van der Waals surface area contributed by atoms with Crippen molar-refractivity contribution >= 4 is 5.69 Å². The lowest BCUT2D eigenvalue weighted by molar-refractivity contribution is -0.137. The molecule has 3 aromatic rings. The average Bonchev–Trinajstić information content (AvgIpc) is 3.20. The van der Waals surface area contributed by atoms with Crippen LogP contribution in [0.25, 0.3) is 0 Å². The Hall–Kier alpha value is -3.45. The number of benzene rings is 3. The van der Waals surface area contributed by atoms with Crippen LogP contribution in [-0.2, 0) is 11.7 Å². The minimum Gasteiger partial charge on any atom is -0.508 e. The van der Waals surface area contributed by atoms with Gasteiger partial charge in [0.15, 0.2) is 0 Å². The second kappa shape index (κ2) is 8.24. The van der Waals surface area contributed by atoms with Crippen LogP contribution >= 0.6 is 0 Å². The highest BCUT2D eigenvalue weighted by atomic mass is 19.4. The summed E-state index contributed by atoms with van der Waals surface area (Å²) in [5.41, 5.74) is 4.22. The van der Waals surface area contributed by atoms with E-state index in [0.717, 1.165) is 22.8 Å². The van der Waals surface area contributed by atoms with Crippen LogP contribution in [0.2, 0.25) is 0 Å². The predicted molar refractivity (Wildman–Crippen MR) is 117 cm³/mol. The third-order valence-electron chi connectivity index (χ3n) is 5.73. The largest absolute Gasteiger partial charge is 0.508 e. The van der Waals surface area contributed by atoms with Crippen molar-refractivity contribution in [3.63, 3.8) is 0 Å². The van der Waals surface area contributed by atoms with Gasteiger partial charge in [0.05, 0.1) is 18.4 Å². The number of phenolic OH excluding ortho intramolecular Hbond substituents is 1. The minimum atomic E-state index is -4.50. The molecule has 0 aliphatic carbocycles. The lowest BCUT2D eigenvalue weighted by Crippen LogP contribution is -2.47. The maximum absolute atomic E-state index is 13.7. The number of phenols is 1. The zero-order chi connectivity index (χ0) is 22.9. The highest BCUT2D eigenvalue weighted by Gasteiger charge is 2.45. The number of para-hydroxylation sites is 1. The van der Waals surface area contributed by atoms with E-state index in [4.69, 9.17) is 4.74 Å². The number of ether oxygens (including phenoxy) is 1. The molecule has 32 heavy (non-hydrogen) atoms. The van der Waals surface area contributed by atoms with Gasteiger partial charge in [-0.2, -0.15) is 13.2 Å². The molecule has 4 rings (SSSR count). The third-order valence-corrected chi connectivity index (χ3v) is 5.73. The number of alkyl halides is 3. The summed E-state index contributed by atoms with van der Waals surface area (Å²) in [6.07, 6.45) is -2.19. The van der Waals surface area contributed by atoms with Gasteiger partial charge in [0, 0.05) is 6.20 Å². The Balaban J connectivity index is 1.90. The number of hydrogen-bond donors (Lipinski definition) is 2. The smallest absolute Gasteiger partial charge is 0.418 e. The Bertz CT molecular complexity index is 1130. The van der Waals surface area contributed by atoms with E-state index in [1.807, 2.05) is 31.2 Å². The minimum absolute atomic E-state index is 0.0140. The molecule has 1 aliphatic rings. The lowest BCUT2D eigenvalue weighted by Gasteiger charge is -2.36. The quantitative estimate of drug-likeness (QED) is 0.512. The van der Waals surface area contributed by atoms with Gasteiger partial charge in [-0.25, -0.2) is 5.43 Å². The van der Waals surface area contributed by atoms with Crippen molar-refractivity contribution < 1.29 is 23.0 Å². The molecule has 3 aromatic carbocycles. The summed E-state index contributed by atoms with van der Waals surface area (Å²) >= 11 is 0. The Labute approximate surface area is 184 Å². The van der Waals surface area contributed by atoms with Crippen molar-refractivity contribution in [3.8, 4) is 11.5 Å². The van der Waals surface area contributed by atoms with Crippen LogP contribution in [0.5, 0.6) is 11.5 Å². The van der Waals surface area contributed by atoms with Crippen molar-refractivity contribution in [2.24, 2.45) is 0 Å². The van der Waals surface area contributed by atoms with E-state index in [1.165, 1.54) is 17.1 Å². The van der Waals surface area contributed by atoms with Crippen LogP contribution in [-0.4, -0.2) is 12.2 Å². The number of aromatic hydroxyl groups is 1. The summed E-state index contributed by atoms with van der Waals surface area (Å²) in [4.78, 5) is 0. The van der Waals surface area contributed by atoms with Crippen molar-refractivity contribution in [1.82, 2.24) is 5.43 Å². The number of halogens is 3. The molecule has 4 nitrogen and oxygen atoms in total. The molecular formula is C25H23F3N2O2. The Morgan fingerprint density at radius 3 is 2.09 bits per heavy atom. The average molecular weight is 440 g/mol. The Morgan fingerprint density at radius 1 is 0.938 bits per heavy atom. The molecule has 0 bridgehead atoms. The highest BCUT2D eigenvalue weighted by molar-refractivity contribution is 5.63. The van der Waals surface area contributed by atoms with Crippen LogP contribution in [0.1, 0.15) is 30.0 Å². The first-order valence-corrected chi connectivity index (χ1v) is 10.2. The first-order chi connectivity index (χ1) is 15.3. The van der Waals surface area contributed by atoms with Crippen LogP contribution in [0.15, 0.2) is 84.6 Å². The zero-order valence-corrected chi connectivity index (χ0v) is 17.6. The van der Waals surface area contributed by atoms with E-state index in [2.05, 4.69) is 5.43 Å². The topological polar surface area (TPSA) is 44.7 Å². The van der Waals surface area contributed by atoms with Crippen molar-refractivity contribution in [1.29, 1.82) is 0 Å². The molecule has 166 valence electrons. The van der Waals surface area contributed by atoms with E-state index in [0.29, 0.717) is 12.2 Å². The molecule has 0 saturated heterocycles.